The van der Waals surface area contributed by atoms with Crippen LogP contribution in [0.1, 0.15) is 88.0 Å². The molecule has 2 saturated heterocycles. The summed E-state index contributed by atoms with van der Waals surface area (Å²) in [5.41, 5.74) is 0.680. The summed E-state index contributed by atoms with van der Waals surface area (Å²) < 4.78 is 0. The summed E-state index contributed by atoms with van der Waals surface area (Å²) in [6.45, 7) is 21.1. The molecule has 37 heavy (non-hydrogen) atoms. The van der Waals surface area contributed by atoms with Crippen molar-refractivity contribution in [3.05, 3.63) is 11.6 Å². The Morgan fingerprint density at radius 2 is 1.54 bits per heavy atom. The second-order valence-corrected chi connectivity index (χ2v) is 12.8. The maximum Gasteiger partial charge on any atom is 0.249 e. The second kappa shape index (κ2) is 13.8. The molecule has 0 aromatic carbocycles. The standard InChI is InChI=1S/C30H54N4O3/c1-19(2)26(16-24(9)29(36)33-17-22(7)15-23(8)18-33)32(10)30(37)27(20(3)4)31-28(35)25-13-11-12-14-34(25)21(5)6/h16,19-23,25-27H,11-15,17-18H2,1-10H3,(H,31,35)/b24-16+/t22?,23?,25-,26-,27+/m1/s1. The van der Waals surface area contributed by atoms with Crippen LogP contribution in [0.5, 0.6) is 0 Å². The fraction of sp³-hybridized carbons (Fsp3) is 0.833. The van der Waals surface area contributed by atoms with Crippen LogP contribution in [0.25, 0.3) is 0 Å². The normalized spacial score (nSPS) is 25.4. The molecule has 2 fully saturated rings. The Bertz CT molecular complexity index is 812. The zero-order valence-electron chi connectivity index (χ0n) is 25.2. The van der Waals surface area contributed by atoms with E-state index in [2.05, 4.69) is 51.8 Å². The van der Waals surface area contributed by atoms with E-state index < -0.39 is 6.04 Å². The van der Waals surface area contributed by atoms with Crippen LogP contribution in [0.2, 0.25) is 0 Å². The van der Waals surface area contributed by atoms with Gasteiger partial charge in [0.25, 0.3) is 0 Å². The minimum absolute atomic E-state index is 0.0502. The molecule has 7 heteroatoms. The molecule has 0 aromatic rings. The van der Waals surface area contributed by atoms with E-state index in [1.54, 1.807) is 11.9 Å². The molecular formula is C30H54N4O3. The number of likely N-dealkylation sites (N-methyl/N-ethyl adjacent to an activating group) is 1. The summed E-state index contributed by atoms with van der Waals surface area (Å²) in [5.74, 6) is 0.967. The largest absolute Gasteiger partial charge is 0.343 e. The van der Waals surface area contributed by atoms with Gasteiger partial charge < -0.3 is 15.1 Å². The van der Waals surface area contributed by atoms with E-state index in [0.717, 1.165) is 45.3 Å². The number of carbonyl (C=O) groups is 3. The van der Waals surface area contributed by atoms with Gasteiger partial charge in [-0.3, -0.25) is 19.3 Å². The first kappa shape index (κ1) is 31.3. The van der Waals surface area contributed by atoms with Crippen LogP contribution >= 0.6 is 0 Å². The first-order chi connectivity index (χ1) is 17.2. The third-order valence-electron chi connectivity index (χ3n) is 8.13. The van der Waals surface area contributed by atoms with Crippen LogP contribution in [0.3, 0.4) is 0 Å². The number of likely N-dealkylation sites (tertiary alicyclic amines) is 2. The van der Waals surface area contributed by atoms with Crippen molar-refractivity contribution in [3.8, 4) is 0 Å². The lowest BCUT2D eigenvalue weighted by molar-refractivity contribution is -0.140. The minimum Gasteiger partial charge on any atom is -0.343 e. The van der Waals surface area contributed by atoms with Crippen LogP contribution < -0.4 is 5.32 Å². The number of carbonyl (C=O) groups excluding carboxylic acids is 3. The lowest BCUT2D eigenvalue weighted by atomic mass is 9.91. The quantitative estimate of drug-likeness (QED) is 0.461. The van der Waals surface area contributed by atoms with E-state index in [4.69, 9.17) is 0 Å². The predicted molar refractivity (Wildman–Crippen MR) is 151 cm³/mol. The summed E-state index contributed by atoms with van der Waals surface area (Å²) in [5, 5.41) is 3.12. The molecule has 212 valence electrons. The van der Waals surface area contributed by atoms with Crippen LogP contribution in [-0.4, -0.2) is 83.3 Å². The summed E-state index contributed by atoms with van der Waals surface area (Å²) in [4.78, 5) is 46.4. The van der Waals surface area contributed by atoms with E-state index >= 15 is 0 Å². The third kappa shape index (κ3) is 8.30. The Morgan fingerprint density at radius 1 is 0.946 bits per heavy atom. The van der Waals surface area contributed by atoms with E-state index in [-0.39, 0.29) is 47.7 Å². The van der Waals surface area contributed by atoms with E-state index in [0.29, 0.717) is 17.4 Å². The Labute approximate surface area is 226 Å². The van der Waals surface area contributed by atoms with Crippen molar-refractivity contribution in [2.45, 2.75) is 112 Å². The molecule has 0 aliphatic carbocycles. The topological polar surface area (TPSA) is 73.0 Å². The molecule has 0 radical (unpaired) electrons. The molecule has 1 N–H and O–H groups in total. The van der Waals surface area contributed by atoms with Crippen molar-refractivity contribution in [1.29, 1.82) is 0 Å². The zero-order chi connectivity index (χ0) is 28.0. The summed E-state index contributed by atoms with van der Waals surface area (Å²) >= 11 is 0. The number of nitrogens with one attached hydrogen (secondary N) is 1. The fourth-order valence-electron chi connectivity index (χ4n) is 6.14. The monoisotopic (exact) mass is 518 g/mol. The van der Waals surface area contributed by atoms with Crippen molar-refractivity contribution < 1.29 is 14.4 Å². The van der Waals surface area contributed by atoms with E-state index in [1.807, 2.05) is 31.7 Å². The molecule has 2 unspecified atom stereocenters. The lowest BCUT2D eigenvalue weighted by Gasteiger charge is -2.39. The number of piperidine rings is 2. The molecule has 2 heterocycles. The Kier molecular flexibility index (Phi) is 11.7. The molecule has 7 nitrogen and oxygen atoms in total. The number of rotatable bonds is 9. The van der Waals surface area contributed by atoms with Gasteiger partial charge in [0, 0.05) is 31.8 Å². The predicted octanol–water partition coefficient (Wildman–Crippen LogP) is 4.32. The molecule has 0 aromatic heterocycles. The summed E-state index contributed by atoms with van der Waals surface area (Å²) in [6.07, 6.45) is 6.06. The lowest BCUT2D eigenvalue weighted by Crippen LogP contribution is -2.58. The molecule has 3 amide bonds. The van der Waals surface area contributed by atoms with Gasteiger partial charge in [0.1, 0.15) is 6.04 Å². The molecule has 2 rings (SSSR count). The number of hydrogen-bond donors (Lipinski definition) is 1. The van der Waals surface area contributed by atoms with Gasteiger partial charge in [-0.25, -0.2) is 0 Å². The number of amides is 3. The SMILES string of the molecule is C/C(=C\[C@H](C(C)C)N(C)C(=O)[C@@H](NC(=O)[C@H]1CCCCN1C(C)C)C(C)C)C(=O)N1CC(C)CC(C)C1. The van der Waals surface area contributed by atoms with E-state index in [9.17, 15) is 14.4 Å². The van der Waals surface area contributed by atoms with Crippen LogP contribution in [0.15, 0.2) is 11.6 Å². The van der Waals surface area contributed by atoms with Crippen LogP contribution in [0.4, 0.5) is 0 Å². The van der Waals surface area contributed by atoms with Crippen molar-refractivity contribution >= 4 is 17.7 Å². The van der Waals surface area contributed by atoms with Gasteiger partial charge in [0.15, 0.2) is 0 Å². The van der Waals surface area contributed by atoms with Crippen molar-refractivity contribution in [1.82, 2.24) is 20.0 Å². The molecule has 5 atom stereocenters. The maximum atomic E-state index is 13.8. The molecule has 0 spiro atoms. The van der Waals surface area contributed by atoms with Gasteiger partial charge >= 0.3 is 0 Å². The van der Waals surface area contributed by atoms with Crippen LogP contribution in [0, 0.1) is 23.7 Å². The average molecular weight is 519 g/mol. The average Bonchev–Trinajstić information content (AvgIpc) is 2.83. The Balaban J connectivity index is 2.19. The fourth-order valence-corrected chi connectivity index (χ4v) is 6.14. The first-order valence-corrected chi connectivity index (χ1v) is 14.5. The van der Waals surface area contributed by atoms with Gasteiger partial charge in [0.2, 0.25) is 17.7 Å². The Hall–Kier alpha value is -1.89. The number of nitrogens with zero attached hydrogens (tertiary/aromatic N) is 3. The van der Waals surface area contributed by atoms with Crippen LogP contribution in [-0.2, 0) is 14.4 Å². The first-order valence-electron chi connectivity index (χ1n) is 14.5. The third-order valence-corrected chi connectivity index (χ3v) is 8.13. The molecule has 0 bridgehead atoms. The van der Waals surface area contributed by atoms with Gasteiger partial charge in [-0.2, -0.15) is 0 Å². The van der Waals surface area contributed by atoms with Gasteiger partial charge in [-0.05, 0) is 70.3 Å². The minimum atomic E-state index is -0.608. The molecular weight excluding hydrogens is 464 g/mol. The summed E-state index contributed by atoms with van der Waals surface area (Å²) in [7, 11) is 1.80. The van der Waals surface area contributed by atoms with Gasteiger partial charge in [0.05, 0.1) is 12.1 Å². The second-order valence-electron chi connectivity index (χ2n) is 12.8. The highest BCUT2D eigenvalue weighted by Crippen LogP contribution is 2.24. The van der Waals surface area contributed by atoms with Crippen molar-refractivity contribution in [2.24, 2.45) is 23.7 Å². The van der Waals surface area contributed by atoms with Gasteiger partial charge in [-0.15, -0.1) is 0 Å². The molecule has 2 aliphatic rings. The molecule has 2 aliphatic heterocycles. The van der Waals surface area contributed by atoms with Crippen molar-refractivity contribution in [2.75, 3.05) is 26.7 Å². The highest BCUT2D eigenvalue weighted by molar-refractivity contribution is 5.93. The van der Waals surface area contributed by atoms with Crippen molar-refractivity contribution in [3.63, 3.8) is 0 Å². The Morgan fingerprint density at radius 3 is 2.05 bits per heavy atom. The highest BCUT2D eigenvalue weighted by Gasteiger charge is 2.36. The maximum absolute atomic E-state index is 13.8. The molecule has 0 saturated carbocycles. The highest BCUT2D eigenvalue weighted by atomic mass is 16.2. The number of hydrogen-bond acceptors (Lipinski definition) is 4. The van der Waals surface area contributed by atoms with Gasteiger partial charge in [-0.1, -0.05) is 54.0 Å². The van der Waals surface area contributed by atoms with E-state index in [1.165, 1.54) is 0 Å². The zero-order valence-corrected chi connectivity index (χ0v) is 25.2. The smallest absolute Gasteiger partial charge is 0.249 e. The summed E-state index contributed by atoms with van der Waals surface area (Å²) in [6, 6.07) is -0.754.